The Balaban J connectivity index is 1.63. The number of likely N-dealkylation sites (tertiary alicyclic amines) is 1. The summed E-state index contributed by atoms with van der Waals surface area (Å²) < 4.78 is 2.11. The van der Waals surface area contributed by atoms with Gasteiger partial charge in [0.05, 0.1) is 6.20 Å². The van der Waals surface area contributed by atoms with Crippen LogP contribution < -0.4 is 0 Å². The number of aliphatic carboxylic acids is 1. The molecule has 158 valence electrons. The summed E-state index contributed by atoms with van der Waals surface area (Å²) in [6, 6.07) is 0.521. The van der Waals surface area contributed by atoms with Gasteiger partial charge in [-0.2, -0.15) is 5.10 Å². The molecule has 0 radical (unpaired) electrons. The van der Waals surface area contributed by atoms with Crippen molar-refractivity contribution in [3.05, 3.63) is 17.5 Å². The summed E-state index contributed by atoms with van der Waals surface area (Å²) in [5, 5.41) is 13.8. The van der Waals surface area contributed by atoms with Crippen LogP contribution in [-0.2, 0) is 17.9 Å². The number of carboxylic acid groups (broad SMARTS) is 1. The number of rotatable bonds is 8. The van der Waals surface area contributed by atoms with Gasteiger partial charge in [-0.3, -0.25) is 19.3 Å². The number of piperidine rings is 1. The van der Waals surface area contributed by atoms with E-state index in [-0.39, 0.29) is 6.42 Å². The van der Waals surface area contributed by atoms with Crippen LogP contribution in [0, 0.1) is 12.8 Å². The lowest BCUT2D eigenvalue weighted by Crippen LogP contribution is -2.56. The molecule has 1 aromatic heterocycles. The molecule has 1 aromatic rings. The molecule has 0 amide bonds. The fraction of sp³-hybridized carbons (Fsp3) is 0.810. The molecule has 7 heteroatoms. The highest BCUT2D eigenvalue weighted by Gasteiger charge is 2.34. The lowest BCUT2D eigenvalue weighted by atomic mass is 9.86. The number of piperazine rings is 1. The lowest BCUT2D eigenvalue weighted by molar-refractivity contribution is -0.137. The minimum Gasteiger partial charge on any atom is -0.481 e. The van der Waals surface area contributed by atoms with Gasteiger partial charge in [-0.1, -0.05) is 6.92 Å². The number of hydrogen-bond acceptors (Lipinski definition) is 5. The Morgan fingerprint density at radius 2 is 2.00 bits per heavy atom. The van der Waals surface area contributed by atoms with Gasteiger partial charge in [0.2, 0.25) is 0 Å². The number of carboxylic acids is 1. The first-order chi connectivity index (χ1) is 13.5. The van der Waals surface area contributed by atoms with E-state index in [1.807, 2.05) is 6.20 Å². The maximum atomic E-state index is 11.2. The Morgan fingerprint density at radius 3 is 2.68 bits per heavy atom. The molecule has 2 aliphatic heterocycles. The zero-order valence-electron chi connectivity index (χ0n) is 17.8. The molecule has 0 spiro atoms. The van der Waals surface area contributed by atoms with Gasteiger partial charge in [-0.15, -0.1) is 0 Å². The number of likely N-dealkylation sites (N-methyl/N-ethyl adjacent to an activating group) is 1. The molecule has 2 aliphatic rings. The molecule has 2 atom stereocenters. The lowest BCUT2D eigenvalue weighted by Gasteiger charge is -2.46. The highest BCUT2D eigenvalue weighted by molar-refractivity contribution is 5.66. The average molecular weight is 392 g/mol. The van der Waals surface area contributed by atoms with Crippen LogP contribution in [0.15, 0.2) is 6.20 Å². The number of aromatic nitrogens is 2. The first-order valence-electron chi connectivity index (χ1n) is 10.9. The normalized spacial score (nSPS) is 25.2. The van der Waals surface area contributed by atoms with Crippen molar-refractivity contribution >= 4 is 5.97 Å². The Kier molecular flexibility index (Phi) is 7.48. The summed E-state index contributed by atoms with van der Waals surface area (Å²) in [5.74, 6) is -0.245. The zero-order valence-corrected chi connectivity index (χ0v) is 17.8. The number of hydrogen-bond donors (Lipinski definition) is 1. The van der Waals surface area contributed by atoms with E-state index in [2.05, 4.69) is 45.4 Å². The van der Waals surface area contributed by atoms with Gasteiger partial charge in [0.25, 0.3) is 0 Å². The summed E-state index contributed by atoms with van der Waals surface area (Å²) in [7, 11) is 2.18. The molecule has 1 N–H and O–H groups in total. The standard InChI is InChI=1S/C21H37N5O2/c1-4-8-26-17(2)19(14-22-26)16-24-9-7-20(18(15-24)5-6-21(27)28)25-12-10-23(3)11-13-25/h14,18,20H,4-13,15-16H2,1-3H3,(H,27,28)/t18-,20+/m1/s1. The van der Waals surface area contributed by atoms with Crippen molar-refractivity contribution in [2.45, 2.75) is 58.7 Å². The fourth-order valence-electron chi connectivity index (χ4n) is 4.78. The second-order valence-corrected chi connectivity index (χ2v) is 8.60. The van der Waals surface area contributed by atoms with Gasteiger partial charge >= 0.3 is 5.97 Å². The van der Waals surface area contributed by atoms with Gasteiger partial charge < -0.3 is 10.0 Å². The predicted molar refractivity (Wildman–Crippen MR) is 110 cm³/mol. The topological polar surface area (TPSA) is 64.8 Å². The first kappa shape index (κ1) is 21.3. The zero-order chi connectivity index (χ0) is 20.1. The highest BCUT2D eigenvalue weighted by atomic mass is 16.4. The largest absolute Gasteiger partial charge is 0.481 e. The molecule has 3 rings (SSSR count). The fourth-order valence-corrected chi connectivity index (χ4v) is 4.78. The quantitative estimate of drug-likeness (QED) is 0.730. The SMILES string of the molecule is CCCn1ncc(CN2CC[C@H](N3CCN(C)CC3)[C@H](CCC(=O)O)C2)c1C. The van der Waals surface area contributed by atoms with Crippen molar-refractivity contribution in [3.8, 4) is 0 Å². The van der Waals surface area contributed by atoms with E-state index < -0.39 is 5.97 Å². The smallest absolute Gasteiger partial charge is 0.303 e. The Bertz CT molecular complexity index is 639. The van der Waals surface area contributed by atoms with Crippen LogP contribution in [0.25, 0.3) is 0 Å². The molecule has 7 nitrogen and oxygen atoms in total. The molecule has 2 fully saturated rings. The third-order valence-electron chi connectivity index (χ3n) is 6.55. The molecule has 0 unspecified atom stereocenters. The minimum absolute atomic E-state index is 0.274. The summed E-state index contributed by atoms with van der Waals surface area (Å²) in [4.78, 5) is 18.7. The number of nitrogens with zero attached hydrogens (tertiary/aromatic N) is 5. The summed E-state index contributed by atoms with van der Waals surface area (Å²) in [6.07, 6.45) is 5.29. The molecule has 0 aliphatic carbocycles. The van der Waals surface area contributed by atoms with Crippen LogP contribution in [-0.4, -0.2) is 87.9 Å². The second-order valence-electron chi connectivity index (χ2n) is 8.60. The molecule has 0 bridgehead atoms. The van der Waals surface area contributed by atoms with E-state index in [0.717, 1.165) is 71.6 Å². The third-order valence-corrected chi connectivity index (χ3v) is 6.55. The van der Waals surface area contributed by atoms with E-state index in [9.17, 15) is 9.90 Å². The van der Waals surface area contributed by atoms with Crippen molar-refractivity contribution in [1.82, 2.24) is 24.5 Å². The van der Waals surface area contributed by atoms with Gasteiger partial charge in [0, 0.05) is 69.5 Å². The van der Waals surface area contributed by atoms with E-state index >= 15 is 0 Å². The second kappa shape index (κ2) is 9.85. The van der Waals surface area contributed by atoms with Crippen LogP contribution in [0.3, 0.4) is 0 Å². The van der Waals surface area contributed by atoms with Crippen molar-refractivity contribution in [1.29, 1.82) is 0 Å². The Hall–Kier alpha value is -1.44. The Morgan fingerprint density at radius 1 is 1.25 bits per heavy atom. The van der Waals surface area contributed by atoms with Crippen LogP contribution >= 0.6 is 0 Å². The van der Waals surface area contributed by atoms with Crippen molar-refractivity contribution in [2.75, 3.05) is 46.3 Å². The van der Waals surface area contributed by atoms with E-state index in [0.29, 0.717) is 12.0 Å². The van der Waals surface area contributed by atoms with Gasteiger partial charge in [-0.05, 0) is 45.7 Å². The molecule has 0 saturated carbocycles. The van der Waals surface area contributed by atoms with Gasteiger partial charge in [0.1, 0.15) is 0 Å². The third kappa shape index (κ3) is 5.33. The van der Waals surface area contributed by atoms with Crippen molar-refractivity contribution in [3.63, 3.8) is 0 Å². The van der Waals surface area contributed by atoms with Crippen LogP contribution in [0.2, 0.25) is 0 Å². The van der Waals surface area contributed by atoms with E-state index in [1.165, 1.54) is 11.3 Å². The van der Waals surface area contributed by atoms with Gasteiger partial charge in [-0.25, -0.2) is 0 Å². The molecule has 3 heterocycles. The maximum absolute atomic E-state index is 11.2. The average Bonchev–Trinajstić information content (AvgIpc) is 3.01. The molecule has 2 saturated heterocycles. The number of aryl methyl sites for hydroxylation is 1. The Labute approximate surface area is 169 Å². The minimum atomic E-state index is -0.675. The van der Waals surface area contributed by atoms with Gasteiger partial charge in [0.15, 0.2) is 0 Å². The first-order valence-corrected chi connectivity index (χ1v) is 10.9. The van der Waals surface area contributed by atoms with E-state index in [4.69, 9.17) is 0 Å². The summed E-state index contributed by atoms with van der Waals surface area (Å²) >= 11 is 0. The maximum Gasteiger partial charge on any atom is 0.303 e. The van der Waals surface area contributed by atoms with Crippen molar-refractivity contribution in [2.24, 2.45) is 5.92 Å². The van der Waals surface area contributed by atoms with Crippen LogP contribution in [0.4, 0.5) is 0 Å². The summed E-state index contributed by atoms with van der Waals surface area (Å²) in [5.41, 5.74) is 2.58. The van der Waals surface area contributed by atoms with E-state index in [1.54, 1.807) is 0 Å². The monoisotopic (exact) mass is 391 g/mol. The molecule has 28 heavy (non-hydrogen) atoms. The summed E-state index contributed by atoms with van der Waals surface area (Å²) in [6.45, 7) is 12.7. The molecular weight excluding hydrogens is 354 g/mol. The molecule has 0 aromatic carbocycles. The van der Waals surface area contributed by atoms with Crippen molar-refractivity contribution < 1.29 is 9.90 Å². The van der Waals surface area contributed by atoms with Crippen LogP contribution in [0.5, 0.6) is 0 Å². The predicted octanol–water partition coefficient (Wildman–Crippen LogP) is 1.90. The highest BCUT2D eigenvalue weighted by Crippen LogP contribution is 2.28. The molecular formula is C21H37N5O2. The number of carbonyl (C=O) groups is 1. The van der Waals surface area contributed by atoms with Crippen LogP contribution in [0.1, 0.15) is 43.9 Å².